The molecule has 0 N–H and O–H groups in total. The second kappa shape index (κ2) is 5.38. The average Bonchev–Trinajstić information content (AvgIpc) is 1.85. The fraction of sp³-hybridized carbons (Fsp3) is 1.00. The Morgan fingerprint density at radius 2 is 1.75 bits per heavy atom. The Morgan fingerprint density at radius 3 is 2.00 bits per heavy atom. The van der Waals surface area contributed by atoms with Crippen molar-refractivity contribution in [1.82, 2.24) is 0 Å². The topological polar surface area (TPSA) is 0 Å². The van der Waals surface area contributed by atoms with E-state index in [1.54, 1.807) is 21.6 Å². The van der Waals surface area contributed by atoms with Gasteiger partial charge in [-0.05, 0) is 5.92 Å². The largest absolute Gasteiger partial charge is 0.250 e. The van der Waals surface area contributed by atoms with Crippen molar-refractivity contribution in [3.05, 3.63) is 0 Å². The van der Waals surface area contributed by atoms with Crippen molar-refractivity contribution >= 4 is 21.6 Å². The molecule has 0 radical (unpaired) electrons. The fourth-order valence-electron chi connectivity index (χ4n) is 0.521. The van der Waals surface area contributed by atoms with Crippen LogP contribution in [0, 0.1) is 5.92 Å². The van der Waals surface area contributed by atoms with Crippen LogP contribution in [-0.2, 0) is 0 Å². The Bertz CT molecular complexity index is 118. The van der Waals surface area contributed by atoms with Gasteiger partial charge in [0.05, 0.1) is 0 Å². The standard InChI is InChI=1S/C9H19FS2/c1-7(2)8(6-10)11-12-9(3,4)5/h7-8H,6H2,1-5H3/t8-/m0/s1. The molecular weight excluding hydrogens is 191 g/mol. The molecular formula is C9H19FS2. The predicted octanol–water partition coefficient (Wildman–Crippen LogP) is 4.16. The van der Waals surface area contributed by atoms with E-state index in [9.17, 15) is 4.39 Å². The summed E-state index contributed by atoms with van der Waals surface area (Å²) in [4.78, 5) is 0. The quantitative estimate of drug-likeness (QED) is 0.639. The lowest BCUT2D eigenvalue weighted by Gasteiger charge is -2.22. The van der Waals surface area contributed by atoms with Gasteiger partial charge < -0.3 is 0 Å². The molecule has 0 saturated carbocycles. The second-order valence-electron chi connectivity index (χ2n) is 4.23. The summed E-state index contributed by atoms with van der Waals surface area (Å²) in [6, 6.07) is 0. The van der Waals surface area contributed by atoms with Crippen LogP contribution in [0.3, 0.4) is 0 Å². The van der Waals surface area contributed by atoms with Gasteiger partial charge in [0.15, 0.2) is 0 Å². The minimum atomic E-state index is -0.217. The zero-order valence-corrected chi connectivity index (χ0v) is 10.2. The van der Waals surface area contributed by atoms with Gasteiger partial charge in [0.2, 0.25) is 0 Å². The summed E-state index contributed by atoms with van der Waals surface area (Å²) in [5.41, 5.74) is 0. The maximum absolute atomic E-state index is 12.4. The van der Waals surface area contributed by atoms with Crippen LogP contribution < -0.4 is 0 Å². The Balaban J connectivity index is 3.73. The zero-order valence-electron chi connectivity index (χ0n) is 8.56. The molecule has 0 amide bonds. The number of alkyl halides is 1. The molecule has 0 bridgehead atoms. The summed E-state index contributed by atoms with van der Waals surface area (Å²) < 4.78 is 12.7. The van der Waals surface area contributed by atoms with Gasteiger partial charge in [-0.25, -0.2) is 4.39 Å². The second-order valence-corrected chi connectivity index (χ2v) is 7.50. The van der Waals surface area contributed by atoms with Crippen LogP contribution in [-0.4, -0.2) is 16.7 Å². The summed E-state index contributed by atoms with van der Waals surface area (Å²) in [5.74, 6) is 0.426. The maximum Gasteiger partial charge on any atom is 0.102 e. The van der Waals surface area contributed by atoms with Gasteiger partial charge in [0, 0.05) is 10.00 Å². The Labute approximate surface area is 83.5 Å². The Morgan fingerprint density at radius 1 is 1.25 bits per heavy atom. The van der Waals surface area contributed by atoms with E-state index in [2.05, 4.69) is 34.6 Å². The molecule has 0 rings (SSSR count). The van der Waals surface area contributed by atoms with Crippen LogP contribution in [0.1, 0.15) is 34.6 Å². The average molecular weight is 210 g/mol. The molecule has 0 fully saturated rings. The highest BCUT2D eigenvalue weighted by Crippen LogP contribution is 2.40. The Hall–Kier alpha value is 0.630. The van der Waals surface area contributed by atoms with Gasteiger partial charge in [0.25, 0.3) is 0 Å². The third kappa shape index (κ3) is 6.18. The van der Waals surface area contributed by atoms with Gasteiger partial charge in [0.1, 0.15) is 6.67 Å². The highest BCUT2D eigenvalue weighted by atomic mass is 33.1. The molecule has 0 aliphatic rings. The lowest BCUT2D eigenvalue weighted by Crippen LogP contribution is -2.14. The van der Waals surface area contributed by atoms with Crippen LogP contribution in [0.5, 0.6) is 0 Å². The minimum Gasteiger partial charge on any atom is -0.250 e. The SMILES string of the molecule is CC(C)[C@H](CF)SSC(C)(C)C. The van der Waals surface area contributed by atoms with Gasteiger partial charge in [-0.3, -0.25) is 0 Å². The van der Waals surface area contributed by atoms with Crippen molar-refractivity contribution in [3.8, 4) is 0 Å². The third-order valence-electron chi connectivity index (χ3n) is 1.32. The molecule has 12 heavy (non-hydrogen) atoms. The lowest BCUT2D eigenvalue weighted by atomic mass is 10.1. The zero-order chi connectivity index (χ0) is 9.78. The minimum absolute atomic E-state index is 0.147. The highest BCUT2D eigenvalue weighted by Gasteiger charge is 2.18. The highest BCUT2D eigenvalue weighted by molar-refractivity contribution is 8.77. The van der Waals surface area contributed by atoms with Gasteiger partial charge in [-0.1, -0.05) is 56.2 Å². The number of hydrogen-bond donors (Lipinski definition) is 0. The molecule has 0 aromatic heterocycles. The first kappa shape index (κ1) is 12.6. The van der Waals surface area contributed by atoms with E-state index in [0.717, 1.165) is 0 Å². The first-order chi connectivity index (χ1) is 5.37. The van der Waals surface area contributed by atoms with Crippen molar-refractivity contribution in [1.29, 1.82) is 0 Å². The summed E-state index contributed by atoms with van der Waals surface area (Å²) in [6.07, 6.45) is 0. The monoisotopic (exact) mass is 210 g/mol. The molecule has 0 aromatic rings. The number of rotatable bonds is 4. The van der Waals surface area contributed by atoms with Gasteiger partial charge in [-0.15, -0.1) is 0 Å². The van der Waals surface area contributed by atoms with Crippen molar-refractivity contribution in [3.63, 3.8) is 0 Å². The van der Waals surface area contributed by atoms with Crippen LogP contribution in [0.15, 0.2) is 0 Å². The van der Waals surface area contributed by atoms with Crippen LogP contribution >= 0.6 is 21.6 Å². The lowest BCUT2D eigenvalue weighted by molar-refractivity contribution is 0.433. The molecule has 0 aliphatic heterocycles. The van der Waals surface area contributed by atoms with Crippen LogP contribution in [0.25, 0.3) is 0 Å². The summed E-state index contributed by atoms with van der Waals surface area (Å²) in [5, 5.41) is 0.147. The molecule has 0 unspecified atom stereocenters. The maximum atomic E-state index is 12.4. The molecule has 74 valence electrons. The molecule has 3 heteroatoms. The summed E-state index contributed by atoms with van der Waals surface area (Å²) >= 11 is 0. The van der Waals surface area contributed by atoms with Crippen molar-refractivity contribution < 1.29 is 4.39 Å². The van der Waals surface area contributed by atoms with E-state index in [0.29, 0.717) is 5.92 Å². The van der Waals surface area contributed by atoms with E-state index in [1.165, 1.54) is 0 Å². The first-order valence-corrected chi connectivity index (χ1v) is 6.48. The molecule has 0 nitrogen and oxygen atoms in total. The van der Waals surface area contributed by atoms with Gasteiger partial charge >= 0.3 is 0 Å². The molecule has 0 spiro atoms. The molecule has 0 aromatic carbocycles. The smallest absolute Gasteiger partial charge is 0.102 e. The van der Waals surface area contributed by atoms with Crippen molar-refractivity contribution in [2.24, 2.45) is 5.92 Å². The van der Waals surface area contributed by atoms with E-state index in [1.807, 2.05) is 0 Å². The van der Waals surface area contributed by atoms with Crippen molar-refractivity contribution in [2.45, 2.75) is 44.6 Å². The number of halogens is 1. The van der Waals surface area contributed by atoms with E-state index < -0.39 is 0 Å². The molecule has 1 atom stereocenters. The summed E-state index contributed by atoms with van der Waals surface area (Å²) in [6.45, 7) is 10.4. The molecule has 0 saturated heterocycles. The molecule has 0 aliphatic carbocycles. The van der Waals surface area contributed by atoms with Crippen LogP contribution in [0.2, 0.25) is 0 Å². The first-order valence-electron chi connectivity index (χ1n) is 4.27. The third-order valence-corrected chi connectivity index (χ3v) is 5.36. The Kier molecular flexibility index (Phi) is 5.66. The van der Waals surface area contributed by atoms with E-state index in [4.69, 9.17) is 0 Å². The normalized spacial score (nSPS) is 15.2. The van der Waals surface area contributed by atoms with E-state index >= 15 is 0 Å². The number of hydrogen-bond acceptors (Lipinski definition) is 2. The fourth-order valence-corrected chi connectivity index (χ4v) is 3.26. The predicted molar refractivity (Wildman–Crippen MR) is 59.5 cm³/mol. The summed E-state index contributed by atoms with van der Waals surface area (Å²) in [7, 11) is 3.45. The van der Waals surface area contributed by atoms with Crippen molar-refractivity contribution in [2.75, 3.05) is 6.67 Å². The van der Waals surface area contributed by atoms with Crippen LogP contribution in [0.4, 0.5) is 4.39 Å². The van der Waals surface area contributed by atoms with Gasteiger partial charge in [-0.2, -0.15) is 0 Å². The molecule has 0 heterocycles. The van der Waals surface area contributed by atoms with E-state index in [-0.39, 0.29) is 16.7 Å².